The van der Waals surface area contributed by atoms with Crippen molar-refractivity contribution in [2.45, 2.75) is 25.2 Å². The molecule has 0 spiro atoms. The summed E-state index contributed by atoms with van der Waals surface area (Å²) in [5, 5.41) is 3.66. The van der Waals surface area contributed by atoms with Crippen molar-refractivity contribution in [3.8, 4) is 11.3 Å². The Balaban J connectivity index is 1.61. The molecule has 0 fully saturated rings. The van der Waals surface area contributed by atoms with E-state index in [-0.39, 0.29) is 12.1 Å². The van der Waals surface area contributed by atoms with E-state index in [9.17, 15) is 13.6 Å². The highest BCUT2D eigenvalue weighted by atomic mass is 32.2. The summed E-state index contributed by atoms with van der Waals surface area (Å²) < 4.78 is 29.0. The molecule has 0 bridgehead atoms. The molecule has 0 atom stereocenters. The highest BCUT2D eigenvalue weighted by Gasteiger charge is 2.23. The molecule has 4 rings (SSSR count). The molecule has 0 radical (unpaired) electrons. The monoisotopic (exact) mass is 385 g/mol. The van der Waals surface area contributed by atoms with Crippen LogP contribution in [0.4, 0.5) is 8.78 Å². The third-order valence-corrected chi connectivity index (χ3v) is 5.46. The van der Waals surface area contributed by atoms with Gasteiger partial charge in [-0.15, -0.1) is 0 Å². The van der Waals surface area contributed by atoms with E-state index < -0.39 is 17.5 Å². The van der Waals surface area contributed by atoms with Crippen molar-refractivity contribution in [3.05, 3.63) is 70.9 Å². The summed E-state index contributed by atoms with van der Waals surface area (Å²) in [7, 11) is 0. The van der Waals surface area contributed by atoms with Crippen molar-refractivity contribution < 1.29 is 13.6 Å². The van der Waals surface area contributed by atoms with Gasteiger partial charge >= 0.3 is 0 Å². The Morgan fingerprint density at radius 3 is 2.74 bits per heavy atom. The average molecular weight is 385 g/mol. The molecule has 4 nitrogen and oxygen atoms in total. The first kappa shape index (κ1) is 17.7. The number of aryl methyl sites for hydroxylation is 1. The van der Waals surface area contributed by atoms with Crippen LogP contribution >= 0.6 is 11.8 Å². The molecule has 1 aliphatic heterocycles. The van der Waals surface area contributed by atoms with E-state index in [1.165, 1.54) is 0 Å². The predicted octanol–water partition coefficient (Wildman–Crippen LogP) is 4.17. The van der Waals surface area contributed by atoms with Gasteiger partial charge in [0.2, 0.25) is 0 Å². The molecule has 7 heteroatoms. The van der Waals surface area contributed by atoms with Crippen LogP contribution in [0.1, 0.15) is 21.6 Å². The van der Waals surface area contributed by atoms with Gasteiger partial charge in [0.1, 0.15) is 11.6 Å². The van der Waals surface area contributed by atoms with Crippen LogP contribution in [-0.2, 0) is 13.1 Å². The predicted molar refractivity (Wildman–Crippen MR) is 101 cm³/mol. The van der Waals surface area contributed by atoms with Crippen LogP contribution in [0.3, 0.4) is 0 Å². The van der Waals surface area contributed by atoms with E-state index in [4.69, 9.17) is 4.98 Å². The molecule has 1 N–H and O–H groups in total. The van der Waals surface area contributed by atoms with E-state index in [0.29, 0.717) is 6.07 Å². The Kier molecular flexibility index (Phi) is 4.70. The van der Waals surface area contributed by atoms with Crippen LogP contribution in [0.15, 0.2) is 47.6 Å². The molecule has 2 aromatic carbocycles. The largest absolute Gasteiger partial charge is 0.346 e. The zero-order valence-corrected chi connectivity index (χ0v) is 15.4. The number of thioether (sulfide) groups is 1. The minimum Gasteiger partial charge on any atom is -0.346 e. The first-order valence-electron chi connectivity index (χ1n) is 8.55. The Bertz CT molecular complexity index is 1010. The van der Waals surface area contributed by atoms with E-state index in [1.54, 1.807) is 11.8 Å². The third-order valence-electron chi connectivity index (χ3n) is 4.50. The van der Waals surface area contributed by atoms with Gasteiger partial charge in [-0.3, -0.25) is 4.79 Å². The molecular formula is C20H17F2N3OS. The number of carbonyl (C=O) groups excluding carboxylic acids is 1. The van der Waals surface area contributed by atoms with Crippen molar-refractivity contribution in [1.82, 2.24) is 14.9 Å². The van der Waals surface area contributed by atoms with E-state index >= 15 is 0 Å². The van der Waals surface area contributed by atoms with Crippen molar-refractivity contribution in [1.29, 1.82) is 0 Å². The lowest BCUT2D eigenvalue weighted by Crippen LogP contribution is -2.25. The standard InChI is InChI=1S/C20H17F2N3OS/c1-12-2-4-13(5-3-12)18-17(25-8-9-27-20(25)24-18)11-23-19(26)15-7-6-14(21)10-16(15)22/h2-7,10H,8-9,11H2,1H3,(H,23,26). The van der Waals surface area contributed by atoms with Crippen LogP contribution in [0.25, 0.3) is 11.3 Å². The molecule has 0 saturated heterocycles. The second-order valence-electron chi connectivity index (χ2n) is 6.36. The number of hydrogen-bond acceptors (Lipinski definition) is 3. The lowest BCUT2D eigenvalue weighted by atomic mass is 10.1. The number of fused-ring (bicyclic) bond motifs is 1. The van der Waals surface area contributed by atoms with Crippen molar-refractivity contribution in [3.63, 3.8) is 0 Å². The zero-order valence-electron chi connectivity index (χ0n) is 14.6. The van der Waals surface area contributed by atoms with Gasteiger partial charge in [0, 0.05) is 23.9 Å². The molecule has 27 heavy (non-hydrogen) atoms. The number of nitrogens with one attached hydrogen (secondary N) is 1. The lowest BCUT2D eigenvalue weighted by Gasteiger charge is -2.10. The van der Waals surface area contributed by atoms with Gasteiger partial charge in [-0.05, 0) is 19.1 Å². The molecule has 1 amide bonds. The molecule has 1 aromatic heterocycles. The van der Waals surface area contributed by atoms with Crippen molar-refractivity contribution in [2.75, 3.05) is 5.75 Å². The fourth-order valence-electron chi connectivity index (χ4n) is 3.09. The SMILES string of the molecule is Cc1ccc(-c2nc3n(c2CNC(=O)c2ccc(F)cc2F)CCS3)cc1. The van der Waals surface area contributed by atoms with Gasteiger partial charge < -0.3 is 9.88 Å². The van der Waals surface area contributed by atoms with Crippen LogP contribution in [0.5, 0.6) is 0 Å². The number of aromatic nitrogens is 2. The van der Waals surface area contributed by atoms with E-state index in [2.05, 4.69) is 9.88 Å². The van der Waals surface area contributed by atoms with Crippen LogP contribution in [0.2, 0.25) is 0 Å². The quantitative estimate of drug-likeness (QED) is 0.733. The Hall–Kier alpha value is -2.67. The minimum atomic E-state index is -0.875. The molecular weight excluding hydrogens is 368 g/mol. The summed E-state index contributed by atoms with van der Waals surface area (Å²) in [6.07, 6.45) is 0. The topological polar surface area (TPSA) is 46.9 Å². The van der Waals surface area contributed by atoms with Crippen LogP contribution < -0.4 is 5.32 Å². The summed E-state index contributed by atoms with van der Waals surface area (Å²) in [5.74, 6) is -1.23. The second-order valence-corrected chi connectivity index (χ2v) is 7.42. The third kappa shape index (κ3) is 3.47. The summed E-state index contributed by atoms with van der Waals surface area (Å²) in [6.45, 7) is 3.05. The summed E-state index contributed by atoms with van der Waals surface area (Å²) in [4.78, 5) is 17.1. The lowest BCUT2D eigenvalue weighted by molar-refractivity contribution is 0.0946. The first-order valence-corrected chi connectivity index (χ1v) is 9.54. The molecule has 138 valence electrons. The van der Waals surface area contributed by atoms with E-state index in [0.717, 1.165) is 52.1 Å². The van der Waals surface area contributed by atoms with Gasteiger partial charge in [-0.1, -0.05) is 41.6 Å². The molecule has 3 aromatic rings. The molecule has 0 aliphatic carbocycles. The summed E-state index contributed by atoms with van der Waals surface area (Å²) >= 11 is 1.67. The van der Waals surface area contributed by atoms with Crippen molar-refractivity contribution in [2.24, 2.45) is 0 Å². The smallest absolute Gasteiger partial charge is 0.254 e. The van der Waals surface area contributed by atoms with Gasteiger partial charge in [0.25, 0.3) is 5.91 Å². The molecule has 2 heterocycles. The number of benzene rings is 2. The normalized spacial score (nSPS) is 12.9. The fourth-order valence-corrected chi connectivity index (χ4v) is 4.06. The number of carbonyl (C=O) groups is 1. The average Bonchev–Trinajstić information content (AvgIpc) is 3.22. The maximum atomic E-state index is 13.8. The van der Waals surface area contributed by atoms with Gasteiger partial charge in [0.05, 0.1) is 23.5 Å². The van der Waals surface area contributed by atoms with Gasteiger partial charge in [-0.25, -0.2) is 13.8 Å². The van der Waals surface area contributed by atoms with Crippen LogP contribution in [-0.4, -0.2) is 21.2 Å². The Labute approximate surface area is 159 Å². The maximum absolute atomic E-state index is 13.8. The number of rotatable bonds is 4. The number of halogens is 2. The minimum absolute atomic E-state index is 0.177. The fraction of sp³-hybridized carbons (Fsp3) is 0.200. The molecule has 0 unspecified atom stereocenters. The molecule has 0 saturated carbocycles. The number of amides is 1. The number of nitrogens with zero attached hydrogens (tertiary/aromatic N) is 2. The zero-order chi connectivity index (χ0) is 19.0. The van der Waals surface area contributed by atoms with Crippen LogP contribution in [0, 0.1) is 18.6 Å². The molecule has 1 aliphatic rings. The highest BCUT2D eigenvalue weighted by molar-refractivity contribution is 7.99. The highest BCUT2D eigenvalue weighted by Crippen LogP contribution is 2.33. The maximum Gasteiger partial charge on any atom is 0.254 e. The first-order chi connectivity index (χ1) is 13.0. The summed E-state index contributed by atoms with van der Waals surface area (Å²) in [6, 6.07) is 11.0. The number of hydrogen-bond donors (Lipinski definition) is 1. The Morgan fingerprint density at radius 2 is 2.00 bits per heavy atom. The second kappa shape index (κ2) is 7.15. The van der Waals surface area contributed by atoms with Gasteiger partial charge in [0.15, 0.2) is 5.16 Å². The van der Waals surface area contributed by atoms with Crippen molar-refractivity contribution >= 4 is 17.7 Å². The van der Waals surface area contributed by atoms with E-state index in [1.807, 2.05) is 31.2 Å². The Morgan fingerprint density at radius 1 is 1.22 bits per heavy atom. The van der Waals surface area contributed by atoms with Gasteiger partial charge in [-0.2, -0.15) is 0 Å². The number of imidazole rings is 1. The summed E-state index contributed by atoms with van der Waals surface area (Å²) in [5.41, 5.74) is 3.65.